The number of amides is 3. The minimum absolute atomic E-state index is 0.0947. The molecule has 3 amide bonds. The first-order chi connectivity index (χ1) is 17.9. The number of carboxylic acid groups (broad SMARTS) is 2. The first-order valence-corrected chi connectivity index (χ1v) is 11.9. The third kappa shape index (κ3) is 8.01. The summed E-state index contributed by atoms with van der Waals surface area (Å²) in [6.07, 6.45) is -1.62. The molecule has 1 unspecified atom stereocenters. The molecule has 1 aliphatic heterocycles. The summed E-state index contributed by atoms with van der Waals surface area (Å²) >= 11 is 0. The molecule has 0 bridgehead atoms. The van der Waals surface area contributed by atoms with Crippen molar-refractivity contribution in [3.8, 4) is 23.2 Å². The van der Waals surface area contributed by atoms with E-state index in [1.54, 1.807) is 24.3 Å². The smallest absolute Gasteiger partial charge is 0.407 e. The van der Waals surface area contributed by atoms with Crippen LogP contribution in [0, 0.1) is 11.8 Å². The highest BCUT2D eigenvalue weighted by atomic mass is 16.4. The van der Waals surface area contributed by atoms with Crippen molar-refractivity contribution < 1.29 is 34.5 Å². The molecule has 0 spiro atoms. The lowest BCUT2D eigenvalue weighted by atomic mass is 10.1. The molecule has 0 radical (unpaired) electrons. The Kier molecular flexibility index (Phi) is 8.98. The number of carbonyl (C=O) groups excluding carboxylic acids is 2. The number of carbonyl (C=O) groups is 4. The van der Waals surface area contributed by atoms with Gasteiger partial charge in [0.05, 0.1) is 0 Å². The lowest BCUT2D eigenvalue weighted by Crippen LogP contribution is -2.55. The van der Waals surface area contributed by atoms with Crippen LogP contribution in [0.15, 0.2) is 36.4 Å². The number of piperazine rings is 1. The van der Waals surface area contributed by atoms with Crippen LogP contribution in [0.25, 0.3) is 11.4 Å². The second-order valence-corrected chi connectivity index (χ2v) is 9.19. The Morgan fingerprint density at radius 3 is 2.24 bits per heavy atom. The van der Waals surface area contributed by atoms with Crippen LogP contribution in [0.3, 0.4) is 0 Å². The zero-order chi connectivity index (χ0) is 27.9. The molecule has 2 aromatic rings. The zero-order valence-corrected chi connectivity index (χ0v) is 21.0. The largest absolute Gasteiger partial charge is 0.481 e. The average Bonchev–Trinajstić information content (AvgIpc) is 2.89. The second kappa shape index (κ2) is 12.2. The van der Waals surface area contributed by atoms with Crippen LogP contribution in [0.4, 0.5) is 4.79 Å². The van der Waals surface area contributed by atoms with Crippen LogP contribution >= 0.6 is 0 Å². The summed E-state index contributed by atoms with van der Waals surface area (Å²) < 4.78 is 0. The first kappa shape index (κ1) is 28.1. The van der Waals surface area contributed by atoms with Crippen LogP contribution in [-0.4, -0.2) is 96.8 Å². The van der Waals surface area contributed by atoms with E-state index in [0.29, 0.717) is 5.56 Å². The van der Waals surface area contributed by atoms with Gasteiger partial charge in [0.2, 0.25) is 5.91 Å². The summed E-state index contributed by atoms with van der Waals surface area (Å²) in [5, 5.41) is 30.9. The van der Waals surface area contributed by atoms with Crippen LogP contribution in [0.1, 0.15) is 42.9 Å². The molecule has 0 saturated carbocycles. The molecule has 2 heterocycles. The van der Waals surface area contributed by atoms with Crippen molar-refractivity contribution in [2.24, 2.45) is 0 Å². The molecule has 1 fully saturated rings. The SMILES string of the molecule is CC(C)(O)C#Cc1cc(C(=O)NC(CCC(=O)O)C(=O)N2CCN(C(=O)O)CC2)nc(-c2ccccc2)n1. The highest BCUT2D eigenvalue weighted by molar-refractivity contribution is 5.96. The van der Waals surface area contributed by atoms with Gasteiger partial charge in [-0.3, -0.25) is 14.4 Å². The highest BCUT2D eigenvalue weighted by Crippen LogP contribution is 2.16. The molecule has 38 heavy (non-hydrogen) atoms. The number of nitrogens with one attached hydrogen (secondary N) is 1. The molecule has 1 aromatic heterocycles. The van der Waals surface area contributed by atoms with Crippen molar-refractivity contribution in [2.75, 3.05) is 26.2 Å². The summed E-state index contributed by atoms with van der Waals surface area (Å²) in [6, 6.07) is 9.02. The number of benzene rings is 1. The Morgan fingerprint density at radius 1 is 1.03 bits per heavy atom. The van der Waals surface area contributed by atoms with Crippen molar-refractivity contribution in [3.05, 3.63) is 47.8 Å². The van der Waals surface area contributed by atoms with Gasteiger partial charge in [-0.1, -0.05) is 36.3 Å². The predicted octanol–water partition coefficient (Wildman–Crippen LogP) is 1.05. The maximum atomic E-state index is 13.3. The topological polar surface area (TPSA) is 173 Å². The van der Waals surface area contributed by atoms with Gasteiger partial charge < -0.3 is 30.4 Å². The molecular weight excluding hydrogens is 494 g/mol. The van der Waals surface area contributed by atoms with Crippen molar-refractivity contribution in [1.82, 2.24) is 25.1 Å². The molecular formula is C26H29N5O7. The minimum Gasteiger partial charge on any atom is -0.481 e. The fourth-order valence-corrected chi connectivity index (χ4v) is 3.66. The van der Waals surface area contributed by atoms with Crippen molar-refractivity contribution in [2.45, 2.75) is 38.3 Å². The lowest BCUT2D eigenvalue weighted by Gasteiger charge is -2.35. The number of aromatic nitrogens is 2. The van der Waals surface area contributed by atoms with E-state index in [-0.39, 0.29) is 56.2 Å². The van der Waals surface area contributed by atoms with Crippen molar-refractivity contribution >= 4 is 23.9 Å². The Balaban J connectivity index is 1.88. The van der Waals surface area contributed by atoms with E-state index in [1.807, 2.05) is 6.07 Å². The summed E-state index contributed by atoms with van der Waals surface area (Å²) in [5.41, 5.74) is -0.616. The maximum Gasteiger partial charge on any atom is 0.407 e. The third-order valence-corrected chi connectivity index (χ3v) is 5.60. The first-order valence-electron chi connectivity index (χ1n) is 11.9. The van der Waals surface area contributed by atoms with E-state index in [2.05, 4.69) is 27.1 Å². The van der Waals surface area contributed by atoms with Crippen LogP contribution in [0.2, 0.25) is 0 Å². The summed E-state index contributed by atoms with van der Waals surface area (Å²) in [7, 11) is 0. The van der Waals surface area contributed by atoms with Crippen LogP contribution in [0.5, 0.6) is 0 Å². The number of nitrogens with zero attached hydrogens (tertiary/aromatic N) is 4. The van der Waals surface area contributed by atoms with Crippen molar-refractivity contribution in [1.29, 1.82) is 0 Å². The van der Waals surface area contributed by atoms with Gasteiger partial charge >= 0.3 is 12.1 Å². The molecule has 200 valence electrons. The standard InChI is InChI=1S/C26H29N5O7/c1-26(2,38)11-10-18-16-20(28-22(27-18)17-6-4-3-5-7-17)23(34)29-19(8-9-21(32)33)24(35)30-12-14-31(15-13-30)25(36)37/h3-7,16,19,38H,8-9,12-15H2,1-2H3,(H,29,34)(H,32,33)(H,36,37). The summed E-state index contributed by atoms with van der Waals surface area (Å²) in [4.78, 5) is 60.1. The molecule has 4 N–H and O–H groups in total. The van der Waals surface area contributed by atoms with Gasteiger partial charge in [-0.25, -0.2) is 14.8 Å². The normalized spacial score (nSPS) is 14.2. The van der Waals surface area contributed by atoms with Gasteiger partial charge in [0.25, 0.3) is 5.91 Å². The molecule has 1 aromatic carbocycles. The Bertz CT molecular complexity index is 1260. The van der Waals surface area contributed by atoms with E-state index in [0.717, 1.165) is 0 Å². The van der Waals surface area contributed by atoms with Gasteiger partial charge in [0, 0.05) is 44.2 Å². The van der Waals surface area contributed by atoms with Gasteiger partial charge in [-0.15, -0.1) is 0 Å². The van der Waals surface area contributed by atoms with Gasteiger partial charge in [-0.2, -0.15) is 0 Å². The fraction of sp³-hybridized carbons (Fsp3) is 0.385. The van der Waals surface area contributed by atoms with Gasteiger partial charge in [0.1, 0.15) is 23.0 Å². The molecule has 1 saturated heterocycles. The van der Waals surface area contributed by atoms with Crippen LogP contribution < -0.4 is 5.32 Å². The zero-order valence-electron chi connectivity index (χ0n) is 21.0. The monoisotopic (exact) mass is 523 g/mol. The number of carboxylic acids is 1. The molecule has 1 atom stereocenters. The number of aliphatic carboxylic acids is 1. The summed E-state index contributed by atoms with van der Waals surface area (Å²) in [5.74, 6) is 3.20. The van der Waals surface area contributed by atoms with E-state index < -0.39 is 35.5 Å². The minimum atomic E-state index is -1.31. The summed E-state index contributed by atoms with van der Waals surface area (Å²) in [6.45, 7) is 3.45. The molecule has 12 heteroatoms. The van der Waals surface area contributed by atoms with Gasteiger partial charge in [-0.05, 0) is 26.2 Å². The lowest BCUT2D eigenvalue weighted by molar-refractivity contribution is -0.138. The Labute approximate surface area is 219 Å². The molecule has 0 aliphatic carbocycles. The molecule has 1 aliphatic rings. The second-order valence-electron chi connectivity index (χ2n) is 9.19. The van der Waals surface area contributed by atoms with E-state index in [1.165, 1.54) is 29.7 Å². The van der Waals surface area contributed by atoms with Gasteiger partial charge in [0.15, 0.2) is 5.82 Å². The quantitative estimate of drug-likeness (QED) is 0.387. The van der Waals surface area contributed by atoms with E-state index >= 15 is 0 Å². The number of aliphatic hydroxyl groups is 1. The fourth-order valence-electron chi connectivity index (χ4n) is 3.66. The predicted molar refractivity (Wildman–Crippen MR) is 135 cm³/mol. The van der Waals surface area contributed by atoms with E-state index in [4.69, 9.17) is 10.2 Å². The Morgan fingerprint density at radius 2 is 1.66 bits per heavy atom. The third-order valence-electron chi connectivity index (χ3n) is 5.60. The average molecular weight is 524 g/mol. The number of hydrogen-bond acceptors (Lipinski definition) is 7. The maximum absolute atomic E-state index is 13.3. The van der Waals surface area contributed by atoms with Crippen molar-refractivity contribution in [3.63, 3.8) is 0 Å². The van der Waals surface area contributed by atoms with Crippen LogP contribution in [-0.2, 0) is 9.59 Å². The number of rotatable bonds is 7. The number of hydrogen-bond donors (Lipinski definition) is 4. The van der Waals surface area contributed by atoms with E-state index in [9.17, 15) is 24.3 Å². The molecule has 12 nitrogen and oxygen atoms in total. The Hall–Kier alpha value is -4.50. The molecule has 3 rings (SSSR count). The highest BCUT2D eigenvalue weighted by Gasteiger charge is 2.31.